The number of sulfonamides is 1. The predicted molar refractivity (Wildman–Crippen MR) is 67.5 cm³/mol. The Bertz CT molecular complexity index is 451. The molecule has 102 valence electrons. The van der Waals surface area contributed by atoms with E-state index in [1.54, 1.807) is 0 Å². The second-order valence-electron chi connectivity index (χ2n) is 4.32. The second kappa shape index (κ2) is 5.79. The summed E-state index contributed by atoms with van der Waals surface area (Å²) in [7, 11) is -3.37. The van der Waals surface area contributed by atoms with E-state index in [0.717, 1.165) is 26.1 Å². The van der Waals surface area contributed by atoms with E-state index >= 15 is 0 Å². The van der Waals surface area contributed by atoms with Crippen LogP contribution in [0.25, 0.3) is 0 Å². The fourth-order valence-electron chi connectivity index (χ4n) is 2.04. The van der Waals surface area contributed by atoms with Crippen molar-refractivity contribution in [3.8, 4) is 0 Å². The molecule has 1 aliphatic heterocycles. The van der Waals surface area contributed by atoms with Crippen molar-refractivity contribution in [1.82, 2.24) is 19.4 Å². The molecule has 1 saturated heterocycles. The smallest absolute Gasteiger partial charge is 0.246 e. The fourth-order valence-corrected chi connectivity index (χ4v) is 3.37. The minimum absolute atomic E-state index is 0.234. The van der Waals surface area contributed by atoms with Crippen molar-refractivity contribution < 1.29 is 8.42 Å². The van der Waals surface area contributed by atoms with Crippen LogP contribution in [0.4, 0.5) is 0 Å². The van der Waals surface area contributed by atoms with E-state index in [1.165, 1.54) is 16.7 Å². The molecule has 18 heavy (non-hydrogen) atoms. The number of nitrogens with one attached hydrogen (secondary N) is 1. The van der Waals surface area contributed by atoms with Gasteiger partial charge >= 0.3 is 0 Å². The summed E-state index contributed by atoms with van der Waals surface area (Å²) in [5.74, 6) is 0. The van der Waals surface area contributed by atoms with Crippen LogP contribution < -0.4 is 5.73 Å². The first-order valence-electron chi connectivity index (χ1n) is 6.06. The molecule has 3 N–H and O–H groups in total. The quantitative estimate of drug-likeness (QED) is 0.722. The average Bonchev–Trinajstić information content (AvgIpc) is 2.91. The van der Waals surface area contributed by atoms with Gasteiger partial charge in [0.1, 0.15) is 4.90 Å². The summed E-state index contributed by atoms with van der Waals surface area (Å²) in [6, 6.07) is 0. The van der Waals surface area contributed by atoms with Gasteiger partial charge < -0.3 is 10.6 Å². The van der Waals surface area contributed by atoms with Gasteiger partial charge in [-0.15, -0.1) is 0 Å². The lowest BCUT2D eigenvalue weighted by Gasteiger charge is -2.33. The van der Waals surface area contributed by atoms with Gasteiger partial charge in [-0.2, -0.15) is 9.40 Å². The summed E-state index contributed by atoms with van der Waals surface area (Å²) in [6.07, 6.45) is 3.71. The largest absolute Gasteiger partial charge is 0.330 e. The average molecular weight is 273 g/mol. The van der Waals surface area contributed by atoms with Crippen LogP contribution in [0.1, 0.15) is 6.42 Å². The van der Waals surface area contributed by atoms with E-state index in [9.17, 15) is 8.42 Å². The Morgan fingerprint density at radius 2 is 2.06 bits per heavy atom. The minimum Gasteiger partial charge on any atom is -0.330 e. The van der Waals surface area contributed by atoms with E-state index in [0.29, 0.717) is 19.6 Å². The molecule has 8 heteroatoms. The molecule has 0 atom stereocenters. The van der Waals surface area contributed by atoms with Crippen molar-refractivity contribution in [2.24, 2.45) is 5.73 Å². The molecule has 0 saturated carbocycles. The number of aromatic nitrogens is 2. The Balaban J connectivity index is 1.94. The topological polar surface area (TPSA) is 95.3 Å². The highest BCUT2D eigenvalue weighted by Crippen LogP contribution is 2.15. The Kier molecular flexibility index (Phi) is 4.33. The van der Waals surface area contributed by atoms with Gasteiger partial charge in [-0.25, -0.2) is 8.42 Å². The minimum atomic E-state index is -3.37. The first-order chi connectivity index (χ1) is 8.64. The van der Waals surface area contributed by atoms with E-state index < -0.39 is 10.0 Å². The van der Waals surface area contributed by atoms with Gasteiger partial charge in [-0.3, -0.25) is 5.10 Å². The lowest BCUT2D eigenvalue weighted by atomic mass is 10.3. The SMILES string of the molecule is NCCCN1CCN(S(=O)(=O)c2cn[nH]c2)CC1. The number of piperazine rings is 1. The third kappa shape index (κ3) is 2.89. The summed E-state index contributed by atoms with van der Waals surface area (Å²) in [6.45, 7) is 4.19. The lowest BCUT2D eigenvalue weighted by molar-refractivity contribution is 0.187. The molecule has 2 rings (SSSR count). The van der Waals surface area contributed by atoms with E-state index in [1.807, 2.05) is 0 Å². The second-order valence-corrected chi connectivity index (χ2v) is 6.26. The third-order valence-electron chi connectivity index (χ3n) is 3.12. The standard InChI is InChI=1S/C10H19N5O2S/c11-2-1-3-14-4-6-15(7-5-14)18(16,17)10-8-12-13-9-10/h8-9H,1-7,11H2,(H,12,13). The molecule has 0 bridgehead atoms. The van der Waals surface area contributed by atoms with E-state index in [4.69, 9.17) is 5.73 Å². The van der Waals surface area contributed by atoms with Crippen LogP contribution in [0.5, 0.6) is 0 Å². The van der Waals surface area contributed by atoms with Crippen LogP contribution in [-0.2, 0) is 10.0 Å². The van der Waals surface area contributed by atoms with Crippen LogP contribution >= 0.6 is 0 Å². The third-order valence-corrected chi connectivity index (χ3v) is 4.98. The molecule has 0 unspecified atom stereocenters. The van der Waals surface area contributed by atoms with Gasteiger partial charge in [-0.05, 0) is 19.5 Å². The number of nitrogens with zero attached hydrogens (tertiary/aromatic N) is 3. The fraction of sp³-hybridized carbons (Fsp3) is 0.700. The molecule has 0 aliphatic carbocycles. The summed E-state index contributed by atoms with van der Waals surface area (Å²) in [4.78, 5) is 2.48. The van der Waals surface area contributed by atoms with Gasteiger partial charge in [0, 0.05) is 32.4 Å². The number of hydrogen-bond donors (Lipinski definition) is 2. The maximum absolute atomic E-state index is 12.2. The predicted octanol–water partition coefficient (Wildman–Crippen LogP) is -0.935. The summed E-state index contributed by atoms with van der Waals surface area (Å²) < 4.78 is 25.9. The molecular weight excluding hydrogens is 254 g/mol. The molecule has 2 heterocycles. The molecule has 0 amide bonds. The Labute approximate surface area is 107 Å². The molecule has 1 aromatic rings. The first-order valence-corrected chi connectivity index (χ1v) is 7.50. The van der Waals surface area contributed by atoms with Crippen molar-refractivity contribution in [2.75, 3.05) is 39.3 Å². The van der Waals surface area contributed by atoms with Crippen LogP contribution in [0.2, 0.25) is 0 Å². The molecule has 0 radical (unpaired) electrons. The van der Waals surface area contributed by atoms with Crippen LogP contribution in [0, 0.1) is 0 Å². The lowest BCUT2D eigenvalue weighted by Crippen LogP contribution is -2.48. The van der Waals surface area contributed by atoms with Gasteiger partial charge in [0.25, 0.3) is 0 Å². The highest BCUT2D eigenvalue weighted by molar-refractivity contribution is 7.89. The van der Waals surface area contributed by atoms with Crippen molar-refractivity contribution in [3.63, 3.8) is 0 Å². The molecule has 1 fully saturated rings. The van der Waals surface area contributed by atoms with Gasteiger partial charge in [0.15, 0.2) is 0 Å². The highest BCUT2D eigenvalue weighted by atomic mass is 32.2. The number of aromatic amines is 1. The van der Waals surface area contributed by atoms with Crippen molar-refractivity contribution >= 4 is 10.0 Å². The van der Waals surface area contributed by atoms with E-state index in [2.05, 4.69) is 15.1 Å². The number of rotatable bonds is 5. The van der Waals surface area contributed by atoms with Crippen LogP contribution in [0.3, 0.4) is 0 Å². The number of H-pyrrole nitrogens is 1. The van der Waals surface area contributed by atoms with Crippen molar-refractivity contribution in [3.05, 3.63) is 12.4 Å². The molecule has 0 aromatic carbocycles. The summed E-state index contributed by atoms with van der Waals surface area (Å²) >= 11 is 0. The van der Waals surface area contributed by atoms with Gasteiger partial charge in [-0.1, -0.05) is 0 Å². The van der Waals surface area contributed by atoms with Gasteiger partial charge in [0.2, 0.25) is 10.0 Å². The van der Waals surface area contributed by atoms with E-state index in [-0.39, 0.29) is 4.90 Å². The van der Waals surface area contributed by atoms with Gasteiger partial charge in [0.05, 0.1) is 6.20 Å². The normalized spacial score (nSPS) is 19.2. The highest BCUT2D eigenvalue weighted by Gasteiger charge is 2.28. The van der Waals surface area contributed by atoms with Crippen molar-refractivity contribution in [2.45, 2.75) is 11.3 Å². The molecule has 0 spiro atoms. The first kappa shape index (κ1) is 13.5. The maximum Gasteiger partial charge on any atom is 0.246 e. The Morgan fingerprint density at radius 1 is 1.33 bits per heavy atom. The molecular formula is C10H19N5O2S. The Morgan fingerprint density at radius 3 is 2.61 bits per heavy atom. The maximum atomic E-state index is 12.2. The summed E-state index contributed by atoms with van der Waals surface area (Å²) in [5, 5.41) is 6.22. The Hall–Kier alpha value is -0.960. The zero-order valence-corrected chi connectivity index (χ0v) is 11.1. The molecule has 1 aliphatic rings. The van der Waals surface area contributed by atoms with Crippen LogP contribution in [0.15, 0.2) is 17.3 Å². The number of hydrogen-bond acceptors (Lipinski definition) is 5. The molecule has 1 aromatic heterocycles. The van der Waals surface area contributed by atoms with Crippen LogP contribution in [-0.4, -0.2) is 67.1 Å². The zero-order chi connectivity index (χ0) is 13.0. The monoisotopic (exact) mass is 273 g/mol. The number of nitrogens with two attached hydrogens (primary N) is 1. The molecule has 7 nitrogen and oxygen atoms in total. The van der Waals surface area contributed by atoms with Crippen molar-refractivity contribution in [1.29, 1.82) is 0 Å². The zero-order valence-electron chi connectivity index (χ0n) is 10.2. The summed E-state index contributed by atoms with van der Waals surface area (Å²) in [5.41, 5.74) is 5.46.